The molecule has 2 heterocycles. The summed E-state index contributed by atoms with van der Waals surface area (Å²) in [5.41, 5.74) is -0.193. The van der Waals surface area contributed by atoms with Crippen molar-refractivity contribution in [2.75, 3.05) is 40.8 Å². The van der Waals surface area contributed by atoms with Crippen LogP contribution in [0.1, 0.15) is 37.2 Å². The third-order valence-electron chi connectivity index (χ3n) is 4.88. The summed E-state index contributed by atoms with van der Waals surface area (Å²) in [6.07, 6.45) is 0.603. The van der Waals surface area contributed by atoms with Crippen LogP contribution in [0, 0.1) is 0 Å². The maximum absolute atomic E-state index is 13.0. The van der Waals surface area contributed by atoms with Crippen molar-refractivity contribution in [1.82, 2.24) is 10.3 Å². The Morgan fingerprint density at radius 1 is 1.26 bits per heavy atom. The van der Waals surface area contributed by atoms with E-state index in [1.807, 2.05) is 0 Å². The van der Waals surface area contributed by atoms with E-state index in [4.69, 9.17) is 28.4 Å². The van der Waals surface area contributed by atoms with Crippen LogP contribution in [0.5, 0.6) is 11.5 Å². The first-order chi connectivity index (χ1) is 16.8. The molecule has 13 heteroatoms. The summed E-state index contributed by atoms with van der Waals surface area (Å²) in [7, 11) is 2.65. The van der Waals surface area contributed by atoms with Crippen molar-refractivity contribution >= 4 is 23.8 Å². The van der Waals surface area contributed by atoms with Crippen molar-refractivity contribution in [3.63, 3.8) is 0 Å². The molecule has 0 spiro atoms. The highest BCUT2D eigenvalue weighted by molar-refractivity contribution is 5.98. The van der Waals surface area contributed by atoms with Crippen LogP contribution < -0.4 is 14.8 Å². The van der Waals surface area contributed by atoms with Gasteiger partial charge in [0.2, 0.25) is 6.79 Å². The summed E-state index contributed by atoms with van der Waals surface area (Å²) >= 11 is 0. The number of pyridine rings is 1. The monoisotopic (exact) mass is 498 g/mol. The van der Waals surface area contributed by atoms with Gasteiger partial charge in [-0.15, -0.1) is 0 Å². The number of nitrogens with zero attached hydrogens (tertiary/aromatic N) is 1. The van der Waals surface area contributed by atoms with E-state index in [1.54, 1.807) is 6.92 Å². The molecule has 0 saturated carbocycles. The molecule has 0 radical (unpaired) electrons. The van der Waals surface area contributed by atoms with Crippen LogP contribution in [0.25, 0.3) is 0 Å². The topological polar surface area (TPSA) is 158 Å². The van der Waals surface area contributed by atoms with Crippen molar-refractivity contribution in [1.29, 1.82) is 0 Å². The van der Waals surface area contributed by atoms with Gasteiger partial charge in [0.05, 0.1) is 40.0 Å². The molecule has 1 fully saturated rings. The number of cyclic esters (lactones) is 1. The van der Waals surface area contributed by atoms with Crippen molar-refractivity contribution in [3.8, 4) is 11.5 Å². The Bertz CT molecular complexity index is 892. The minimum Gasteiger partial charge on any atom is -0.493 e. The van der Waals surface area contributed by atoms with Gasteiger partial charge >= 0.3 is 17.9 Å². The zero-order chi connectivity index (χ0) is 25.8. The summed E-state index contributed by atoms with van der Waals surface area (Å²) < 4.78 is 36.6. The molecule has 194 valence electrons. The number of nitrogens with one attached hydrogen (secondary N) is 1. The van der Waals surface area contributed by atoms with Crippen molar-refractivity contribution < 1.29 is 52.3 Å². The van der Waals surface area contributed by atoms with E-state index in [9.17, 15) is 19.2 Å². The maximum atomic E-state index is 13.0. The molecule has 1 amide bonds. The third kappa shape index (κ3) is 8.68. The van der Waals surface area contributed by atoms with E-state index in [-0.39, 0.29) is 43.4 Å². The van der Waals surface area contributed by atoms with Crippen LogP contribution in [0.15, 0.2) is 12.3 Å². The van der Waals surface area contributed by atoms with Crippen LogP contribution in [-0.4, -0.2) is 87.9 Å². The number of aromatic nitrogens is 1. The molecule has 1 aliphatic rings. The number of rotatable bonds is 10. The molecule has 1 saturated heterocycles. The van der Waals surface area contributed by atoms with Crippen LogP contribution >= 0.6 is 0 Å². The molecule has 1 N–H and O–H groups in total. The third-order valence-corrected chi connectivity index (χ3v) is 4.88. The normalized spacial score (nSPS) is 20.3. The number of hydrogen-bond donors (Lipinski definition) is 1. The first-order valence-corrected chi connectivity index (χ1v) is 10.8. The van der Waals surface area contributed by atoms with E-state index < -0.39 is 48.9 Å². The number of esters is 3. The average Bonchev–Trinajstić information content (AvgIpc) is 2.89. The number of carbonyl (C=O) groups excluding carboxylic acids is 4. The zero-order valence-corrected chi connectivity index (χ0v) is 20.1. The Kier molecular flexibility index (Phi) is 11.2. The summed E-state index contributed by atoms with van der Waals surface area (Å²) in [4.78, 5) is 52.0. The number of methoxy groups -OCH3 is 2. The van der Waals surface area contributed by atoms with Gasteiger partial charge in [-0.2, -0.15) is 0 Å². The number of carbonyl (C=O) groups is 4. The van der Waals surface area contributed by atoms with E-state index in [2.05, 4.69) is 15.0 Å². The molecule has 1 aromatic rings. The second-order valence-electron chi connectivity index (χ2n) is 7.36. The first-order valence-electron chi connectivity index (χ1n) is 10.8. The van der Waals surface area contributed by atoms with E-state index in [0.29, 0.717) is 6.42 Å². The minimum absolute atomic E-state index is 0.0581. The molecule has 0 aliphatic carbocycles. The fraction of sp³-hybridized carbons (Fsp3) is 0.591. The Labute approximate surface area is 202 Å². The molecular formula is C22H30N2O11. The van der Waals surface area contributed by atoms with Crippen LogP contribution in [0.2, 0.25) is 0 Å². The van der Waals surface area contributed by atoms with Gasteiger partial charge in [-0.25, -0.2) is 9.78 Å². The van der Waals surface area contributed by atoms with E-state index in [1.165, 1.54) is 33.4 Å². The molecule has 0 aromatic carbocycles. The van der Waals surface area contributed by atoms with Gasteiger partial charge in [-0.1, -0.05) is 0 Å². The summed E-state index contributed by atoms with van der Waals surface area (Å²) in [5, 5.41) is 2.53. The van der Waals surface area contributed by atoms with Gasteiger partial charge in [0, 0.05) is 32.2 Å². The molecule has 0 bridgehead atoms. The molecule has 35 heavy (non-hydrogen) atoms. The fourth-order valence-electron chi connectivity index (χ4n) is 3.05. The van der Waals surface area contributed by atoms with Gasteiger partial charge in [0.25, 0.3) is 5.91 Å². The van der Waals surface area contributed by atoms with Gasteiger partial charge in [0.15, 0.2) is 23.2 Å². The predicted molar refractivity (Wildman–Crippen MR) is 117 cm³/mol. The lowest BCUT2D eigenvalue weighted by atomic mass is 10.1. The summed E-state index contributed by atoms with van der Waals surface area (Å²) in [6, 6.07) is 0.312. The standard InChI is InChI=1S/C22H30N2O11/c1-13-16(32-10-7-18(26)30-4)6-9-31-11-15(22(28)35-13)24-21(27)19-20(34-12-33-14(2)25)17(29-3)5-8-23-19/h5,8,13,15-16H,6-7,9-12H2,1-4H3,(H,24,27)/t13-,15-,16+/m0/s1. The van der Waals surface area contributed by atoms with Crippen molar-refractivity contribution in [2.24, 2.45) is 0 Å². The SMILES string of the molecule is COC(=O)CCO[C@@H]1CCOC[C@H](NC(=O)c2nccc(OC)c2OCOC(C)=O)C(=O)O[C@H]1C. The quantitative estimate of drug-likeness (QED) is 0.269. The fourth-order valence-corrected chi connectivity index (χ4v) is 3.05. The van der Waals surface area contributed by atoms with Crippen molar-refractivity contribution in [3.05, 3.63) is 18.0 Å². The molecule has 2 rings (SSSR count). The first kappa shape index (κ1) is 27.8. The Balaban J connectivity index is 2.07. The minimum atomic E-state index is -1.15. The lowest BCUT2D eigenvalue weighted by Crippen LogP contribution is -2.46. The molecule has 1 aromatic heterocycles. The summed E-state index contributed by atoms with van der Waals surface area (Å²) in [6.45, 7) is 2.55. The highest BCUT2D eigenvalue weighted by Gasteiger charge is 2.31. The van der Waals surface area contributed by atoms with Crippen molar-refractivity contribution in [2.45, 2.75) is 44.9 Å². The van der Waals surface area contributed by atoms with Crippen LogP contribution in [0.4, 0.5) is 0 Å². The molecule has 3 atom stereocenters. The number of hydrogen-bond acceptors (Lipinski definition) is 12. The lowest BCUT2D eigenvalue weighted by molar-refractivity contribution is -0.159. The predicted octanol–water partition coefficient (Wildman–Crippen LogP) is 0.388. The average molecular weight is 498 g/mol. The van der Waals surface area contributed by atoms with Crippen LogP contribution in [0.3, 0.4) is 0 Å². The van der Waals surface area contributed by atoms with E-state index in [0.717, 1.165) is 0 Å². The number of amides is 1. The zero-order valence-electron chi connectivity index (χ0n) is 20.1. The van der Waals surface area contributed by atoms with Gasteiger partial charge < -0.3 is 38.5 Å². The molecule has 0 unspecified atom stereocenters. The summed E-state index contributed by atoms with van der Waals surface area (Å²) in [5.74, 6) is -2.39. The second kappa shape index (κ2) is 14.1. The van der Waals surface area contributed by atoms with E-state index >= 15 is 0 Å². The molecule has 13 nitrogen and oxygen atoms in total. The molecular weight excluding hydrogens is 468 g/mol. The van der Waals surface area contributed by atoms with Crippen LogP contribution in [-0.2, 0) is 38.1 Å². The van der Waals surface area contributed by atoms with Gasteiger partial charge in [-0.05, 0) is 6.92 Å². The largest absolute Gasteiger partial charge is 0.493 e. The van der Waals surface area contributed by atoms with Gasteiger partial charge in [0.1, 0.15) is 6.10 Å². The second-order valence-corrected chi connectivity index (χ2v) is 7.36. The highest BCUT2D eigenvalue weighted by Crippen LogP contribution is 2.29. The Hall–Kier alpha value is -3.45. The highest BCUT2D eigenvalue weighted by atomic mass is 16.7. The smallest absolute Gasteiger partial charge is 0.331 e. The molecule has 1 aliphatic heterocycles. The Morgan fingerprint density at radius 2 is 2.03 bits per heavy atom. The van der Waals surface area contributed by atoms with Gasteiger partial charge in [-0.3, -0.25) is 14.4 Å². The lowest BCUT2D eigenvalue weighted by Gasteiger charge is -2.24. The Morgan fingerprint density at radius 3 is 2.71 bits per heavy atom. The number of ether oxygens (including phenoxy) is 7. The maximum Gasteiger partial charge on any atom is 0.331 e.